The van der Waals surface area contributed by atoms with Crippen molar-refractivity contribution in [2.24, 2.45) is 0 Å². The van der Waals surface area contributed by atoms with E-state index < -0.39 is 5.91 Å². The minimum atomic E-state index is -0.510. The zero-order valence-corrected chi connectivity index (χ0v) is 17.5. The highest BCUT2D eigenvalue weighted by Gasteiger charge is 2.39. The van der Waals surface area contributed by atoms with Gasteiger partial charge in [0.2, 0.25) is 5.91 Å². The normalized spacial score (nSPS) is 17.8. The first kappa shape index (κ1) is 20.7. The van der Waals surface area contributed by atoms with Crippen molar-refractivity contribution in [3.63, 3.8) is 0 Å². The van der Waals surface area contributed by atoms with Crippen LogP contribution in [0, 0.1) is 18.3 Å². The van der Waals surface area contributed by atoms with Gasteiger partial charge >= 0.3 is 0 Å². The van der Waals surface area contributed by atoms with E-state index in [1.54, 1.807) is 6.07 Å². The SMILES string of the molecule is CCc1ccc(N2C(=O)C(CC)S/C2=C(/C#N)C(=O)Nc2ccccc2C)cc1. The molecule has 1 heterocycles. The van der Waals surface area contributed by atoms with E-state index >= 15 is 0 Å². The van der Waals surface area contributed by atoms with Crippen molar-refractivity contribution >= 4 is 35.0 Å². The summed E-state index contributed by atoms with van der Waals surface area (Å²) < 4.78 is 0. The van der Waals surface area contributed by atoms with Gasteiger partial charge in [-0.05, 0) is 49.1 Å². The summed E-state index contributed by atoms with van der Waals surface area (Å²) in [6.45, 7) is 5.88. The van der Waals surface area contributed by atoms with Gasteiger partial charge in [-0.25, -0.2) is 0 Å². The molecule has 1 atom stereocenters. The van der Waals surface area contributed by atoms with E-state index in [1.165, 1.54) is 16.7 Å². The second-order valence-electron chi connectivity index (χ2n) is 6.77. The summed E-state index contributed by atoms with van der Waals surface area (Å²) in [5, 5.41) is 12.7. The number of carbonyl (C=O) groups excluding carboxylic acids is 2. The Bertz CT molecular complexity index is 1010. The van der Waals surface area contributed by atoms with Crippen LogP contribution in [0.5, 0.6) is 0 Å². The monoisotopic (exact) mass is 405 g/mol. The molecular formula is C23H23N3O2S. The fourth-order valence-corrected chi connectivity index (χ4v) is 4.33. The van der Waals surface area contributed by atoms with Crippen LogP contribution in [0.25, 0.3) is 0 Å². The number of benzene rings is 2. The molecule has 0 aromatic heterocycles. The fraction of sp³-hybridized carbons (Fsp3) is 0.261. The van der Waals surface area contributed by atoms with Crippen LogP contribution in [-0.2, 0) is 16.0 Å². The van der Waals surface area contributed by atoms with Gasteiger partial charge in [0, 0.05) is 11.4 Å². The molecule has 0 spiro atoms. The first-order chi connectivity index (χ1) is 14.0. The van der Waals surface area contributed by atoms with Crippen LogP contribution in [0.15, 0.2) is 59.1 Å². The molecule has 1 fully saturated rings. The minimum absolute atomic E-state index is 0.0536. The molecule has 0 bridgehead atoms. The van der Waals surface area contributed by atoms with Gasteiger partial charge in [-0.2, -0.15) is 5.26 Å². The van der Waals surface area contributed by atoms with Crippen LogP contribution < -0.4 is 10.2 Å². The Morgan fingerprint density at radius 3 is 2.45 bits per heavy atom. The number of para-hydroxylation sites is 1. The maximum atomic E-state index is 13.0. The predicted molar refractivity (Wildman–Crippen MR) is 117 cm³/mol. The molecule has 2 aromatic rings. The first-order valence-corrected chi connectivity index (χ1v) is 10.5. The summed E-state index contributed by atoms with van der Waals surface area (Å²) >= 11 is 1.28. The van der Waals surface area contributed by atoms with E-state index in [4.69, 9.17) is 0 Å². The molecule has 2 aromatic carbocycles. The molecule has 2 amide bonds. The highest BCUT2D eigenvalue weighted by molar-refractivity contribution is 8.05. The predicted octanol–water partition coefficient (Wildman–Crippen LogP) is 4.79. The lowest BCUT2D eigenvalue weighted by Gasteiger charge is -2.19. The molecular weight excluding hydrogens is 382 g/mol. The van der Waals surface area contributed by atoms with Crippen LogP contribution in [0.2, 0.25) is 0 Å². The van der Waals surface area contributed by atoms with Crippen LogP contribution in [0.1, 0.15) is 31.4 Å². The third kappa shape index (κ3) is 4.20. The number of hydrogen-bond acceptors (Lipinski definition) is 4. The molecule has 0 radical (unpaired) electrons. The van der Waals surface area contributed by atoms with E-state index in [-0.39, 0.29) is 16.7 Å². The number of nitrogens with zero attached hydrogens (tertiary/aromatic N) is 2. The maximum Gasteiger partial charge on any atom is 0.269 e. The van der Waals surface area contributed by atoms with Crippen LogP contribution >= 0.6 is 11.8 Å². The number of rotatable bonds is 5. The van der Waals surface area contributed by atoms with E-state index in [0.717, 1.165) is 17.5 Å². The number of thioether (sulfide) groups is 1. The van der Waals surface area contributed by atoms with E-state index in [9.17, 15) is 14.9 Å². The van der Waals surface area contributed by atoms with Gasteiger partial charge in [-0.1, -0.05) is 55.9 Å². The third-order valence-electron chi connectivity index (χ3n) is 4.87. The second-order valence-corrected chi connectivity index (χ2v) is 7.96. The lowest BCUT2D eigenvalue weighted by molar-refractivity contribution is -0.117. The summed E-state index contributed by atoms with van der Waals surface area (Å²) in [4.78, 5) is 27.4. The number of amides is 2. The number of hydrogen-bond donors (Lipinski definition) is 1. The van der Waals surface area contributed by atoms with Crippen molar-refractivity contribution in [1.82, 2.24) is 0 Å². The molecule has 3 rings (SSSR count). The Morgan fingerprint density at radius 2 is 1.86 bits per heavy atom. The van der Waals surface area contributed by atoms with Crippen molar-refractivity contribution in [2.75, 3.05) is 10.2 Å². The van der Waals surface area contributed by atoms with E-state index in [1.807, 2.05) is 62.4 Å². The highest BCUT2D eigenvalue weighted by Crippen LogP contribution is 2.42. The number of anilines is 2. The van der Waals surface area contributed by atoms with Crippen molar-refractivity contribution in [2.45, 2.75) is 38.9 Å². The zero-order chi connectivity index (χ0) is 21.0. The summed E-state index contributed by atoms with van der Waals surface area (Å²) in [7, 11) is 0. The number of carbonyl (C=O) groups is 2. The number of aryl methyl sites for hydroxylation is 2. The molecule has 0 aliphatic carbocycles. The summed E-state index contributed by atoms with van der Waals surface area (Å²) in [6, 6.07) is 17.1. The Morgan fingerprint density at radius 1 is 1.17 bits per heavy atom. The first-order valence-electron chi connectivity index (χ1n) is 9.61. The number of nitriles is 1. The molecule has 1 aliphatic heterocycles. The molecule has 1 N–H and O–H groups in total. The number of nitrogens with one attached hydrogen (secondary N) is 1. The van der Waals surface area contributed by atoms with Crippen LogP contribution in [0.4, 0.5) is 11.4 Å². The van der Waals surface area contributed by atoms with Gasteiger partial charge in [0.1, 0.15) is 16.7 Å². The van der Waals surface area contributed by atoms with Gasteiger partial charge < -0.3 is 5.32 Å². The molecule has 1 unspecified atom stereocenters. The van der Waals surface area contributed by atoms with Crippen molar-refractivity contribution in [3.8, 4) is 6.07 Å². The summed E-state index contributed by atoms with van der Waals surface area (Å²) in [6.07, 6.45) is 1.51. The average molecular weight is 406 g/mol. The Labute approximate surface area is 175 Å². The molecule has 29 heavy (non-hydrogen) atoms. The standard InChI is InChI=1S/C23H23N3O2S/c1-4-16-10-12-17(13-11-16)26-22(28)20(5-2)29-23(26)18(14-24)21(27)25-19-9-7-6-8-15(19)3/h6-13,20H,4-5H2,1-3H3,(H,25,27)/b23-18-. The molecule has 148 valence electrons. The highest BCUT2D eigenvalue weighted by atomic mass is 32.2. The van der Waals surface area contributed by atoms with Gasteiger partial charge in [-0.3, -0.25) is 14.5 Å². The van der Waals surface area contributed by atoms with E-state index in [0.29, 0.717) is 22.8 Å². The Balaban J connectivity index is 2.02. The van der Waals surface area contributed by atoms with Crippen molar-refractivity contribution < 1.29 is 9.59 Å². The minimum Gasteiger partial charge on any atom is -0.321 e. The Kier molecular flexibility index (Phi) is 6.40. The third-order valence-corrected chi connectivity index (χ3v) is 6.30. The molecule has 1 aliphatic rings. The van der Waals surface area contributed by atoms with Crippen LogP contribution in [0.3, 0.4) is 0 Å². The molecule has 0 saturated carbocycles. The lowest BCUT2D eigenvalue weighted by atomic mass is 10.1. The summed E-state index contributed by atoms with van der Waals surface area (Å²) in [5.41, 5.74) is 3.32. The lowest BCUT2D eigenvalue weighted by Crippen LogP contribution is -2.29. The molecule has 1 saturated heterocycles. The topological polar surface area (TPSA) is 73.2 Å². The van der Waals surface area contributed by atoms with Gasteiger partial charge in [0.15, 0.2) is 0 Å². The Hall–Kier alpha value is -3.04. The fourth-order valence-electron chi connectivity index (χ4n) is 3.13. The molecule has 5 nitrogen and oxygen atoms in total. The van der Waals surface area contributed by atoms with Crippen molar-refractivity contribution in [3.05, 3.63) is 70.3 Å². The van der Waals surface area contributed by atoms with Crippen molar-refractivity contribution in [1.29, 1.82) is 5.26 Å². The quantitative estimate of drug-likeness (QED) is 0.573. The van der Waals surface area contributed by atoms with E-state index in [2.05, 4.69) is 12.2 Å². The van der Waals surface area contributed by atoms with Gasteiger partial charge in [0.25, 0.3) is 5.91 Å². The molecule has 6 heteroatoms. The summed E-state index contributed by atoms with van der Waals surface area (Å²) in [5.74, 6) is -0.614. The largest absolute Gasteiger partial charge is 0.321 e. The second kappa shape index (κ2) is 8.97. The average Bonchev–Trinajstić information content (AvgIpc) is 3.06. The van der Waals surface area contributed by atoms with Gasteiger partial charge in [0.05, 0.1) is 5.25 Å². The zero-order valence-electron chi connectivity index (χ0n) is 16.7. The maximum absolute atomic E-state index is 13.0. The smallest absolute Gasteiger partial charge is 0.269 e. The van der Waals surface area contributed by atoms with Crippen LogP contribution in [-0.4, -0.2) is 17.1 Å². The van der Waals surface area contributed by atoms with Gasteiger partial charge in [-0.15, -0.1) is 0 Å².